The van der Waals surface area contributed by atoms with E-state index in [1.54, 1.807) is 0 Å². The minimum atomic E-state index is -0.746. The van der Waals surface area contributed by atoms with Gasteiger partial charge in [0.15, 0.2) is 0 Å². The number of ether oxygens (including phenoxy) is 1. The summed E-state index contributed by atoms with van der Waals surface area (Å²) in [5, 5.41) is 13.4. The maximum Gasteiger partial charge on any atom is 0.134 e. The Kier molecular flexibility index (Phi) is 8.67. The van der Waals surface area contributed by atoms with Gasteiger partial charge in [0.2, 0.25) is 0 Å². The van der Waals surface area contributed by atoms with Crippen molar-refractivity contribution < 1.29 is 18.6 Å². The molecule has 1 aromatic rings. The maximum atomic E-state index is 14.4. The second-order valence-corrected chi connectivity index (χ2v) is 6.00. The van der Waals surface area contributed by atoms with Crippen LogP contribution < -0.4 is 5.32 Å². The number of nitrogens with zero attached hydrogens (tertiary/aromatic N) is 1. The Balaban J connectivity index is 0.00000144. The van der Waals surface area contributed by atoms with Crippen molar-refractivity contribution in [2.75, 3.05) is 39.4 Å². The van der Waals surface area contributed by atoms with Crippen LogP contribution in [0.4, 0.5) is 8.78 Å². The lowest BCUT2D eigenvalue weighted by Crippen LogP contribution is -2.47. The summed E-state index contributed by atoms with van der Waals surface area (Å²) in [5.41, 5.74) is 0.232. The fraction of sp³-hybridized carbons (Fsp3) is 0.625. The summed E-state index contributed by atoms with van der Waals surface area (Å²) in [6.07, 6.45) is 1.65. The average Bonchev–Trinajstić information content (AvgIpc) is 2.52. The number of nitrogens with one attached hydrogen (secondary N) is 1. The molecule has 1 atom stereocenters. The summed E-state index contributed by atoms with van der Waals surface area (Å²) in [6.45, 7) is 4.55. The lowest BCUT2D eigenvalue weighted by molar-refractivity contribution is 0.0195. The van der Waals surface area contributed by atoms with Gasteiger partial charge in [0, 0.05) is 63.1 Å². The number of aromatic hydroxyl groups is 1. The van der Waals surface area contributed by atoms with Gasteiger partial charge in [-0.25, -0.2) is 8.78 Å². The second kappa shape index (κ2) is 9.73. The first-order valence-electron chi connectivity index (χ1n) is 7.87. The van der Waals surface area contributed by atoms with Gasteiger partial charge in [0.25, 0.3) is 0 Å². The quantitative estimate of drug-likeness (QED) is 0.840. The third-order valence-electron chi connectivity index (χ3n) is 4.63. The number of piperazine rings is 1. The lowest BCUT2D eigenvalue weighted by Gasteiger charge is -2.41. The molecule has 0 saturated carbocycles. The van der Waals surface area contributed by atoms with Gasteiger partial charge < -0.3 is 15.2 Å². The van der Waals surface area contributed by atoms with Gasteiger partial charge in [-0.1, -0.05) is 0 Å². The van der Waals surface area contributed by atoms with Crippen LogP contribution in [0.2, 0.25) is 0 Å². The predicted molar refractivity (Wildman–Crippen MR) is 93.2 cm³/mol. The number of benzene rings is 1. The molecular formula is C16H24Cl2F2N2O2. The Bertz CT molecular complexity index is 484. The van der Waals surface area contributed by atoms with Crippen molar-refractivity contribution in [1.82, 2.24) is 10.2 Å². The van der Waals surface area contributed by atoms with Crippen molar-refractivity contribution >= 4 is 24.8 Å². The summed E-state index contributed by atoms with van der Waals surface area (Å²) in [7, 11) is 0. The fourth-order valence-electron chi connectivity index (χ4n) is 3.57. The third-order valence-corrected chi connectivity index (χ3v) is 4.63. The summed E-state index contributed by atoms with van der Waals surface area (Å²) in [4.78, 5) is 2.20. The molecule has 1 aromatic carbocycles. The van der Waals surface area contributed by atoms with E-state index in [1.165, 1.54) is 0 Å². The molecule has 4 nitrogen and oxygen atoms in total. The fourth-order valence-corrected chi connectivity index (χ4v) is 3.57. The molecule has 24 heavy (non-hydrogen) atoms. The Labute approximate surface area is 153 Å². The van der Waals surface area contributed by atoms with Crippen LogP contribution in [0.1, 0.15) is 24.4 Å². The van der Waals surface area contributed by atoms with Gasteiger partial charge in [-0.3, -0.25) is 4.90 Å². The first kappa shape index (κ1) is 21.4. The van der Waals surface area contributed by atoms with E-state index in [-0.39, 0.29) is 48.1 Å². The van der Waals surface area contributed by atoms with E-state index in [9.17, 15) is 13.9 Å². The zero-order valence-corrected chi connectivity index (χ0v) is 15.0. The zero-order valence-electron chi connectivity index (χ0n) is 13.3. The van der Waals surface area contributed by atoms with Crippen LogP contribution in [0.25, 0.3) is 0 Å². The van der Waals surface area contributed by atoms with Crippen LogP contribution in [0.15, 0.2) is 12.1 Å². The standard InChI is InChI=1S/C16H22F2N2O2.2ClH/c17-12-9-13(18)15(14(21)10-12)16(11-1-7-22-8-2-11)20-5-3-19-4-6-20;;/h9-11,16,19,21H,1-8H2;2*1H/t16-;;/m1../s1. The monoisotopic (exact) mass is 384 g/mol. The molecule has 2 N–H and O–H groups in total. The van der Waals surface area contributed by atoms with Crippen LogP contribution in [0, 0.1) is 17.6 Å². The molecule has 2 aliphatic rings. The molecule has 0 aliphatic carbocycles. The van der Waals surface area contributed by atoms with E-state index in [0.29, 0.717) is 13.2 Å². The van der Waals surface area contributed by atoms with Crippen LogP contribution >= 0.6 is 24.8 Å². The Morgan fingerprint density at radius 3 is 2.33 bits per heavy atom. The highest BCUT2D eigenvalue weighted by atomic mass is 35.5. The molecule has 2 fully saturated rings. The van der Waals surface area contributed by atoms with Gasteiger partial charge >= 0.3 is 0 Å². The van der Waals surface area contributed by atoms with E-state index >= 15 is 0 Å². The van der Waals surface area contributed by atoms with E-state index in [1.807, 2.05) is 0 Å². The second-order valence-electron chi connectivity index (χ2n) is 6.00. The number of phenolic OH excluding ortho intramolecular Hbond substituents is 1. The van der Waals surface area contributed by atoms with Crippen molar-refractivity contribution in [2.45, 2.75) is 18.9 Å². The summed E-state index contributed by atoms with van der Waals surface area (Å²) in [5.74, 6) is -1.48. The van der Waals surface area contributed by atoms with Gasteiger partial charge in [0.1, 0.15) is 17.4 Å². The molecule has 0 unspecified atom stereocenters. The molecule has 0 radical (unpaired) electrons. The molecule has 3 rings (SSSR count). The molecule has 0 amide bonds. The van der Waals surface area contributed by atoms with Crippen molar-refractivity contribution in [2.24, 2.45) is 5.92 Å². The van der Waals surface area contributed by atoms with Crippen LogP contribution in [0.5, 0.6) is 5.75 Å². The highest BCUT2D eigenvalue weighted by Crippen LogP contribution is 2.40. The smallest absolute Gasteiger partial charge is 0.134 e. The number of hydrogen-bond acceptors (Lipinski definition) is 4. The van der Waals surface area contributed by atoms with Gasteiger partial charge in [-0.2, -0.15) is 0 Å². The topological polar surface area (TPSA) is 44.7 Å². The number of hydrogen-bond donors (Lipinski definition) is 2. The highest BCUT2D eigenvalue weighted by molar-refractivity contribution is 5.85. The van der Waals surface area contributed by atoms with E-state index in [0.717, 1.165) is 51.2 Å². The largest absolute Gasteiger partial charge is 0.507 e. The molecule has 2 saturated heterocycles. The molecule has 138 valence electrons. The predicted octanol–water partition coefficient (Wildman–Crippen LogP) is 2.89. The van der Waals surface area contributed by atoms with Crippen LogP contribution in [-0.2, 0) is 4.74 Å². The SMILES string of the molecule is Cl.Cl.Oc1cc(F)cc(F)c1[C@@H](C1CCOCC1)N1CCNCC1. The number of rotatable bonds is 3. The Morgan fingerprint density at radius 1 is 1.12 bits per heavy atom. The van der Waals surface area contributed by atoms with Crippen LogP contribution in [-0.4, -0.2) is 49.4 Å². The van der Waals surface area contributed by atoms with Gasteiger partial charge in [0.05, 0.1) is 0 Å². The minimum Gasteiger partial charge on any atom is -0.507 e. The Morgan fingerprint density at radius 2 is 1.75 bits per heavy atom. The van der Waals surface area contributed by atoms with E-state index in [2.05, 4.69) is 10.2 Å². The number of phenols is 1. The highest BCUT2D eigenvalue weighted by Gasteiger charge is 2.35. The Hall–Kier alpha value is -0.660. The minimum absolute atomic E-state index is 0. The molecular weight excluding hydrogens is 361 g/mol. The first-order valence-corrected chi connectivity index (χ1v) is 7.87. The van der Waals surface area contributed by atoms with E-state index in [4.69, 9.17) is 4.74 Å². The molecule has 0 bridgehead atoms. The molecule has 8 heteroatoms. The van der Waals surface area contributed by atoms with Crippen molar-refractivity contribution in [3.8, 4) is 5.75 Å². The average molecular weight is 385 g/mol. The molecule has 2 heterocycles. The van der Waals surface area contributed by atoms with Gasteiger partial charge in [-0.05, 0) is 18.8 Å². The normalized spacial score (nSPS) is 20.8. The summed E-state index contributed by atoms with van der Waals surface area (Å²) >= 11 is 0. The molecule has 2 aliphatic heterocycles. The summed E-state index contributed by atoms with van der Waals surface area (Å²) in [6, 6.07) is 1.64. The first-order chi connectivity index (χ1) is 10.7. The zero-order chi connectivity index (χ0) is 15.5. The van der Waals surface area contributed by atoms with Crippen molar-refractivity contribution in [3.05, 3.63) is 29.3 Å². The number of halogens is 4. The summed E-state index contributed by atoms with van der Waals surface area (Å²) < 4.78 is 33.1. The molecule has 0 aromatic heterocycles. The van der Waals surface area contributed by atoms with Crippen molar-refractivity contribution in [1.29, 1.82) is 0 Å². The van der Waals surface area contributed by atoms with E-state index < -0.39 is 11.6 Å². The van der Waals surface area contributed by atoms with Crippen LogP contribution in [0.3, 0.4) is 0 Å². The molecule has 0 spiro atoms. The third kappa shape index (κ3) is 4.70. The maximum absolute atomic E-state index is 14.4. The van der Waals surface area contributed by atoms with Crippen molar-refractivity contribution in [3.63, 3.8) is 0 Å². The lowest BCUT2D eigenvalue weighted by atomic mass is 9.85. The van der Waals surface area contributed by atoms with Gasteiger partial charge in [-0.15, -0.1) is 24.8 Å².